The van der Waals surface area contributed by atoms with E-state index in [1.54, 1.807) is 0 Å². The smallest absolute Gasteiger partial charge is 0.0331 e. The maximum absolute atomic E-state index is 5.88. The number of rotatable bonds is 5. The standard InChI is InChI=1S/C11H24N2/c1-4-13(8-10(2)3)11(9-12)6-5-7-11/h10H,4-9,12H2,1-3H3. The lowest BCUT2D eigenvalue weighted by Crippen LogP contribution is -2.59. The summed E-state index contributed by atoms with van der Waals surface area (Å²) in [5.41, 5.74) is 6.25. The Morgan fingerprint density at radius 3 is 2.23 bits per heavy atom. The van der Waals surface area contributed by atoms with Crippen molar-refractivity contribution in [2.45, 2.75) is 45.6 Å². The highest BCUT2D eigenvalue weighted by molar-refractivity contribution is 4.98. The Hall–Kier alpha value is -0.0800. The van der Waals surface area contributed by atoms with Gasteiger partial charge in [0.05, 0.1) is 0 Å². The Labute approximate surface area is 82.5 Å². The van der Waals surface area contributed by atoms with Gasteiger partial charge >= 0.3 is 0 Å². The van der Waals surface area contributed by atoms with Crippen LogP contribution in [-0.4, -0.2) is 30.1 Å². The van der Waals surface area contributed by atoms with Gasteiger partial charge in [-0.25, -0.2) is 0 Å². The summed E-state index contributed by atoms with van der Waals surface area (Å²) in [6.45, 7) is 10.0. The molecule has 0 radical (unpaired) electrons. The predicted molar refractivity (Wildman–Crippen MR) is 57.7 cm³/mol. The second-order valence-corrected chi connectivity index (χ2v) is 4.71. The van der Waals surface area contributed by atoms with Gasteiger partial charge in [-0.1, -0.05) is 20.8 Å². The van der Waals surface area contributed by atoms with Crippen molar-refractivity contribution in [3.63, 3.8) is 0 Å². The van der Waals surface area contributed by atoms with Crippen LogP contribution >= 0.6 is 0 Å². The molecule has 0 aromatic rings. The molecule has 1 fully saturated rings. The molecule has 13 heavy (non-hydrogen) atoms. The first-order valence-corrected chi connectivity index (χ1v) is 5.60. The molecule has 2 nitrogen and oxygen atoms in total. The van der Waals surface area contributed by atoms with Crippen LogP contribution in [0.1, 0.15) is 40.0 Å². The minimum absolute atomic E-state index is 0.374. The van der Waals surface area contributed by atoms with Gasteiger partial charge in [-0.05, 0) is 31.7 Å². The summed E-state index contributed by atoms with van der Waals surface area (Å²) >= 11 is 0. The van der Waals surface area contributed by atoms with Gasteiger partial charge in [0, 0.05) is 18.6 Å². The van der Waals surface area contributed by atoms with Gasteiger partial charge in [0.1, 0.15) is 0 Å². The summed E-state index contributed by atoms with van der Waals surface area (Å²) in [5, 5.41) is 0. The normalized spacial score (nSPS) is 20.8. The summed E-state index contributed by atoms with van der Waals surface area (Å²) in [6.07, 6.45) is 3.99. The third-order valence-corrected chi connectivity index (χ3v) is 3.30. The fourth-order valence-corrected chi connectivity index (χ4v) is 2.33. The van der Waals surface area contributed by atoms with E-state index in [0.717, 1.165) is 19.0 Å². The molecule has 78 valence electrons. The molecule has 0 spiro atoms. The quantitative estimate of drug-likeness (QED) is 0.706. The van der Waals surface area contributed by atoms with Crippen LogP contribution in [0.2, 0.25) is 0 Å². The second kappa shape index (κ2) is 4.43. The van der Waals surface area contributed by atoms with E-state index in [0.29, 0.717) is 5.54 Å². The van der Waals surface area contributed by atoms with Crippen LogP contribution < -0.4 is 5.73 Å². The molecule has 1 aliphatic rings. The van der Waals surface area contributed by atoms with Crippen molar-refractivity contribution in [1.29, 1.82) is 0 Å². The van der Waals surface area contributed by atoms with Crippen LogP contribution in [0, 0.1) is 5.92 Å². The highest BCUT2D eigenvalue weighted by Gasteiger charge is 2.40. The molecule has 0 aliphatic heterocycles. The first-order chi connectivity index (χ1) is 6.14. The van der Waals surface area contributed by atoms with Crippen molar-refractivity contribution in [3.05, 3.63) is 0 Å². The van der Waals surface area contributed by atoms with Gasteiger partial charge in [0.15, 0.2) is 0 Å². The summed E-state index contributed by atoms with van der Waals surface area (Å²) in [7, 11) is 0. The Morgan fingerprint density at radius 1 is 1.38 bits per heavy atom. The summed E-state index contributed by atoms with van der Waals surface area (Å²) in [6, 6.07) is 0. The largest absolute Gasteiger partial charge is 0.329 e. The van der Waals surface area contributed by atoms with E-state index in [2.05, 4.69) is 25.7 Å². The third kappa shape index (κ3) is 2.23. The highest BCUT2D eigenvalue weighted by Crippen LogP contribution is 2.36. The van der Waals surface area contributed by atoms with Crippen LogP contribution in [-0.2, 0) is 0 Å². The molecule has 0 saturated heterocycles. The zero-order valence-corrected chi connectivity index (χ0v) is 9.34. The molecule has 1 aliphatic carbocycles. The first-order valence-electron chi connectivity index (χ1n) is 5.60. The van der Waals surface area contributed by atoms with Crippen molar-refractivity contribution in [1.82, 2.24) is 4.90 Å². The Morgan fingerprint density at radius 2 is 2.00 bits per heavy atom. The number of nitrogens with two attached hydrogens (primary N) is 1. The van der Waals surface area contributed by atoms with E-state index in [-0.39, 0.29) is 0 Å². The molecule has 1 saturated carbocycles. The van der Waals surface area contributed by atoms with E-state index < -0.39 is 0 Å². The van der Waals surface area contributed by atoms with Crippen LogP contribution in [0.3, 0.4) is 0 Å². The lowest BCUT2D eigenvalue weighted by atomic mass is 9.75. The number of hydrogen-bond acceptors (Lipinski definition) is 2. The Balaban J connectivity index is 2.52. The molecular weight excluding hydrogens is 160 g/mol. The summed E-state index contributed by atoms with van der Waals surface area (Å²) in [4.78, 5) is 2.58. The minimum Gasteiger partial charge on any atom is -0.329 e. The molecule has 0 bridgehead atoms. The summed E-state index contributed by atoms with van der Waals surface area (Å²) < 4.78 is 0. The second-order valence-electron chi connectivity index (χ2n) is 4.71. The lowest BCUT2D eigenvalue weighted by molar-refractivity contribution is 0.0189. The average Bonchev–Trinajstić information content (AvgIpc) is 2.01. The first kappa shape index (κ1) is 11.0. The highest BCUT2D eigenvalue weighted by atomic mass is 15.2. The van der Waals surface area contributed by atoms with Crippen molar-refractivity contribution in [3.8, 4) is 0 Å². The van der Waals surface area contributed by atoms with Crippen LogP contribution in [0.25, 0.3) is 0 Å². The number of likely N-dealkylation sites (N-methyl/N-ethyl adjacent to an activating group) is 1. The van der Waals surface area contributed by atoms with E-state index in [1.807, 2.05) is 0 Å². The van der Waals surface area contributed by atoms with Gasteiger partial charge in [-0.2, -0.15) is 0 Å². The van der Waals surface area contributed by atoms with Crippen LogP contribution in [0.15, 0.2) is 0 Å². The van der Waals surface area contributed by atoms with Crippen molar-refractivity contribution in [2.75, 3.05) is 19.6 Å². The molecule has 0 unspecified atom stereocenters. The maximum Gasteiger partial charge on any atom is 0.0331 e. The molecule has 2 heteroatoms. The fourth-order valence-electron chi connectivity index (χ4n) is 2.33. The summed E-state index contributed by atoms with van der Waals surface area (Å²) in [5.74, 6) is 0.754. The van der Waals surface area contributed by atoms with E-state index >= 15 is 0 Å². The van der Waals surface area contributed by atoms with Crippen molar-refractivity contribution in [2.24, 2.45) is 11.7 Å². The maximum atomic E-state index is 5.88. The monoisotopic (exact) mass is 184 g/mol. The van der Waals surface area contributed by atoms with E-state index in [9.17, 15) is 0 Å². The zero-order chi connectivity index (χ0) is 9.90. The van der Waals surface area contributed by atoms with Gasteiger partial charge in [0.25, 0.3) is 0 Å². The molecule has 0 amide bonds. The molecular formula is C11H24N2. The predicted octanol–water partition coefficient (Wildman–Crippen LogP) is 1.85. The van der Waals surface area contributed by atoms with Gasteiger partial charge in [0.2, 0.25) is 0 Å². The third-order valence-electron chi connectivity index (χ3n) is 3.30. The van der Waals surface area contributed by atoms with Crippen molar-refractivity contribution >= 4 is 0 Å². The molecule has 2 N–H and O–H groups in total. The molecule has 0 aromatic heterocycles. The van der Waals surface area contributed by atoms with E-state index in [4.69, 9.17) is 5.73 Å². The van der Waals surface area contributed by atoms with Crippen molar-refractivity contribution < 1.29 is 0 Å². The van der Waals surface area contributed by atoms with Gasteiger partial charge in [-0.3, -0.25) is 4.90 Å². The topological polar surface area (TPSA) is 29.3 Å². The molecule has 0 aromatic carbocycles. The molecule has 1 rings (SSSR count). The minimum atomic E-state index is 0.374. The number of hydrogen-bond donors (Lipinski definition) is 1. The zero-order valence-electron chi connectivity index (χ0n) is 9.34. The fraction of sp³-hybridized carbons (Fsp3) is 1.00. The van der Waals surface area contributed by atoms with Crippen LogP contribution in [0.4, 0.5) is 0 Å². The van der Waals surface area contributed by atoms with Gasteiger partial charge < -0.3 is 5.73 Å². The average molecular weight is 184 g/mol. The number of nitrogens with zero attached hydrogens (tertiary/aromatic N) is 1. The molecule has 0 atom stereocenters. The Kier molecular flexibility index (Phi) is 3.74. The van der Waals surface area contributed by atoms with Crippen LogP contribution in [0.5, 0.6) is 0 Å². The van der Waals surface area contributed by atoms with E-state index in [1.165, 1.54) is 25.8 Å². The lowest BCUT2D eigenvalue weighted by Gasteiger charge is -2.50. The molecule has 0 heterocycles. The van der Waals surface area contributed by atoms with Gasteiger partial charge in [-0.15, -0.1) is 0 Å². The Bertz CT molecular complexity index is 145. The SMILES string of the molecule is CCN(CC(C)C)C1(CN)CCC1.